The molecule has 0 amide bonds. The monoisotopic (exact) mass is 376 g/mol. The summed E-state index contributed by atoms with van der Waals surface area (Å²) in [6, 6.07) is 7.77. The van der Waals surface area contributed by atoms with Gasteiger partial charge in [0, 0.05) is 16.3 Å². The summed E-state index contributed by atoms with van der Waals surface area (Å²) in [5.74, 6) is 0.268. The SMILES string of the molecule is CC(C)(C)c1cc(SSC(C)(C)c2cc(F)co2)c2nnccc2c1. The highest BCUT2D eigenvalue weighted by atomic mass is 33.1. The molecule has 0 N–H and O–H groups in total. The molecular formula is C19H21FN2OS2. The Hall–Kier alpha value is -1.53. The van der Waals surface area contributed by atoms with Gasteiger partial charge in [0.05, 0.1) is 10.9 Å². The van der Waals surface area contributed by atoms with E-state index in [2.05, 4.69) is 43.1 Å². The fourth-order valence-corrected chi connectivity index (χ4v) is 4.81. The van der Waals surface area contributed by atoms with Crippen molar-refractivity contribution in [2.24, 2.45) is 0 Å². The Bertz CT molecular complexity index is 900. The number of hydrogen-bond acceptors (Lipinski definition) is 5. The first kappa shape index (κ1) is 18.3. The van der Waals surface area contributed by atoms with E-state index < -0.39 is 0 Å². The van der Waals surface area contributed by atoms with Crippen LogP contribution in [0.5, 0.6) is 0 Å². The van der Waals surface area contributed by atoms with Gasteiger partial charge in [-0.25, -0.2) is 4.39 Å². The van der Waals surface area contributed by atoms with Gasteiger partial charge in [-0.2, -0.15) is 5.10 Å². The van der Waals surface area contributed by atoms with Gasteiger partial charge in [-0.05, 0) is 43.0 Å². The van der Waals surface area contributed by atoms with E-state index in [4.69, 9.17) is 4.42 Å². The number of halogens is 1. The third-order valence-corrected chi connectivity index (χ3v) is 7.18. The summed E-state index contributed by atoms with van der Waals surface area (Å²) < 4.78 is 18.3. The summed E-state index contributed by atoms with van der Waals surface area (Å²) in [6.45, 7) is 10.6. The molecule has 6 heteroatoms. The molecule has 0 aliphatic heterocycles. The van der Waals surface area contributed by atoms with Crippen LogP contribution >= 0.6 is 21.6 Å². The average Bonchev–Trinajstić information content (AvgIpc) is 2.99. The number of benzene rings is 1. The van der Waals surface area contributed by atoms with Crippen molar-refractivity contribution in [3.8, 4) is 0 Å². The Morgan fingerprint density at radius 1 is 1.08 bits per heavy atom. The molecule has 2 heterocycles. The topological polar surface area (TPSA) is 38.9 Å². The number of furan rings is 1. The first-order chi connectivity index (χ1) is 11.7. The molecule has 132 valence electrons. The molecule has 0 saturated heterocycles. The van der Waals surface area contributed by atoms with Gasteiger partial charge >= 0.3 is 0 Å². The van der Waals surface area contributed by atoms with E-state index in [9.17, 15) is 4.39 Å². The predicted molar refractivity (Wildman–Crippen MR) is 103 cm³/mol. The molecule has 3 aromatic rings. The molecule has 0 atom stereocenters. The Morgan fingerprint density at radius 3 is 2.48 bits per heavy atom. The molecule has 2 aromatic heterocycles. The van der Waals surface area contributed by atoms with E-state index in [1.165, 1.54) is 11.6 Å². The molecule has 0 spiro atoms. The fraction of sp³-hybridized carbons (Fsp3) is 0.368. The summed E-state index contributed by atoms with van der Waals surface area (Å²) >= 11 is 0. The highest BCUT2D eigenvalue weighted by Gasteiger charge is 2.27. The minimum Gasteiger partial charge on any atom is -0.465 e. The molecular weight excluding hydrogens is 355 g/mol. The largest absolute Gasteiger partial charge is 0.465 e. The van der Waals surface area contributed by atoms with Crippen LogP contribution in [0.4, 0.5) is 4.39 Å². The molecule has 0 saturated carbocycles. The average molecular weight is 377 g/mol. The molecule has 0 aliphatic rings. The maximum Gasteiger partial charge on any atom is 0.161 e. The first-order valence-corrected chi connectivity index (χ1v) is 10.2. The van der Waals surface area contributed by atoms with Gasteiger partial charge < -0.3 is 4.42 Å². The van der Waals surface area contributed by atoms with Crippen molar-refractivity contribution in [2.45, 2.75) is 49.7 Å². The molecule has 0 radical (unpaired) electrons. The molecule has 0 bridgehead atoms. The molecule has 25 heavy (non-hydrogen) atoms. The normalized spacial score (nSPS) is 12.7. The molecule has 0 aliphatic carbocycles. The highest BCUT2D eigenvalue weighted by Crippen LogP contribution is 2.48. The van der Waals surface area contributed by atoms with Crippen LogP contribution in [0.3, 0.4) is 0 Å². The number of rotatable bonds is 4. The minimum absolute atomic E-state index is 0.0388. The first-order valence-electron chi connectivity index (χ1n) is 8.03. The van der Waals surface area contributed by atoms with Gasteiger partial charge in [0.2, 0.25) is 0 Å². The van der Waals surface area contributed by atoms with Gasteiger partial charge in [-0.15, -0.1) is 5.10 Å². The van der Waals surface area contributed by atoms with E-state index in [0.29, 0.717) is 5.76 Å². The second-order valence-corrected chi connectivity index (χ2v) is 10.3. The van der Waals surface area contributed by atoms with Crippen LogP contribution in [-0.4, -0.2) is 10.2 Å². The standard InChI is InChI=1S/C19H21FN2OS2/c1-18(2,3)13-8-12-6-7-21-22-17(12)15(9-13)24-25-19(4,5)16-10-14(20)11-23-16/h6-11H,1-5H3. The zero-order valence-corrected chi connectivity index (χ0v) is 16.6. The number of fused-ring (bicyclic) bond motifs is 1. The molecule has 1 aromatic carbocycles. The van der Waals surface area contributed by atoms with Crippen LogP contribution < -0.4 is 0 Å². The van der Waals surface area contributed by atoms with Crippen molar-refractivity contribution in [3.05, 3.63) is 53.9 Å². The van der Waals surface area contributed by atoms with Crippen molar-refractivity contribution in [3.63, 3.8) is 0 Å². The van der Waals surface area contributed by atoms with Crippen molar-refractivity contribution in [1.82, 2.24) is 10.2 Å². The molecule has 3 rings (SSSR count). The molecule has 3 nitrogen and oxygen atoms in total. The molecule has 0 fully saturated rings. The van der Waals surface area contributed by atoms with Gasteiger partial charge in [0.25, 0.3) is 0 Å². The Labute approximate surface area is 155 Å². The van der Waals surface area contributed by atoms with Crippen molar-refractivity contribution in [2.75, 3.05) is 0 Å². The van der Waals surface area contributed by atoms with Crippen molar-refractivity contribution in [1.29, 1.82) is 0 Å². The quantitative estimate of drug-likeness (QED) is 0.497. The molecule has 0 unspecified atom stereocenters. The van der Waals surface area contributed by atoms with Crippen molar-refractivity contribution >= 4 is 32.5 Å². The zero-order chi connectivity index (χ0) is 18.2. The van der Waals surface area contributed by atoms with E-state index in [-0.39, 0.29) is 16.0 Å². The third-order valence-electron chi connectivity index (χ3n) is 3.95. The van der Waals surface area contributed by atoms with Crippen LogP contribution in [0, 0.1) is 5.82 Å². The lowest BCUT2D eigenvalue weighted by atomic mass is 9.86. The lowest BCUT2D eigenvalue weighted by Crippen LogP contribution is -2.11. The van der Waals surface area contributed by atoms with Crippen LogP contribution in [-0.2, 0) is 10.2 Å². The van der Waals surface area contributed by atoms with E-state index >= 15 is 0 Å². The lowest BCUT2D eigenvalue weighted by Gasteiger charge is -2.23. The summed E-state index contributed by atoms with van der Waals surface area (Å²) in [6.07, 6.45) is 2.86. The number of aromatic nitrogens is 2. The van der Waals surface area contributed by atoms with Crippen molar-refractivity contribution < 1.29 is 8.81 Å². The third kappa shape index (κ3) is 4.01. The zero-order valence-electron chi connectivity index (χ0n) is 15.0. The van der Waals surface area contributed by atoms with E-state index in [1.807, 2.05) is 19.9 Å². The predicted octanol–water partition coefficient (Wildman–Crippen LogP) is 6.34. The van der Waals surface area contributed by atoms with Crippen LogP contribution in [0.15, 0.2) is 46.0 Å². The minimum atomic E-state index is -0.374. The van der Waals surface area contributed by atoms with Crippen LogP contribution in [0.1, 0.15) is 45.9 Å². The van der Waals surface area contributed by atoms with Gasteiger partial charge in [-0.1, -0.05) is 42.4 Å². The maximum absolute atomic E-state index is 13.3. The fourth-order valence-electron chi connectivity index (χ4n) is 2.38. The Balaban J connectivity index is 1.95. The Kier molecular flexibility index (Phi) is 4.86. The van der Waals surface area contributed by atoms with Gasteiger partial charge in [0.15, 0.2) is 5.82 Å². The highest BCUT2D eigenvalue weighted by molar-refractivity contribution is 8.77. The van der Waals surface area contributed by atoms with E-state index in [1.54, 1.807) is 27.8 Å². The van der Waals surface area contributed by atoms with Crippen LogP contribution in [0.25, 0.3) is 10.9 Å². The summed E-state index contributed by atoms with van der Waals surface area (Å²) in [4.78, 5) is 1.06. The van der Waals surface area contributed by atoms with E-state index in [0.717, 1.165) is 22.1 Å². The van der Waals surface area contributed by atoms with Crippen LogP contribution in [0.2, 0.25) is 0 Å². The Morgan fingerprint density at radius 2 is 1.84 bits per heavy atom. The summed E-state index contributed by atoms with van der Waals surface area (Å²) in [7, 11) is 3.24. The smallest absolute Gasteiger partial charge is 0.161 e. The van der Waals surface area contributed by atoms with Gasteiger partial charge in [0.1, 0.15) is 17.5 Å². The van der Waals surface area contributed by atoms with Gasteiger partial charge in [-0.3, -0.25) is 0 Å². The second kappa shape index (κ2) is 6.65. The lowest BCUT2D eigenvalue weighted by molar-refractivity contribution is 0.461. The maximum atomic E-state index is 13.3. The number of nitrogens with zero attached hydrogens (tertiary/aromatic N) is 2. The summed E-state index contributed by atoms with van der Waals surface area (Å²) in [5.41, 5.74) is 2.17. The second-order valence-electron chi connectivity index (χ2n) is 7.50. The number of hydrogen-bond donors (Lipinski definition) is 0. The summed E-state index contributed by atoms with van der Waals surface area (Å²) in [5, 5.41) is 9.42.